The van der Waals surface area contributed by atoms with Gasteiger partial charge in [-0.15, -0.1) is 12.6 Å². The number of hydrogen-bond donors (Lipinski definition) is 3. The maximum Gasteiger partial charge on any atom is 0.115 e. The standard InChI is InChI=1S/C8H9NOS/c9-8(5-11)6-1-3-7(10)4-2-6/h1-5,10-11H,9H2/b8-5-. The molecule has 1 aromatic rings. The fourth-order valence-corrected chi connectivity index (χ4v) is 0.877. The van der Waals surface area contributed by atoms with E-state index in [1.165, 1.54) is 5.41 Å². The molecule has 3 N–H and O–H groups in total. The van der Waals surface area contributed by atoms with Crippen molar-refractivity contribution in [3.05, 3.63) is 35.2 Å². The van der Waals surface area contributed by atoms with Crippen LogP contribution in [0.5, 0.6) is 5.75 Å². The van der Waals surface area contributed by atoms with E-state index >= 15 is 0 Å². The lowest BCUT2D eigenvalue weighted by molar-refractivity contribution is 0.475. The second kappa shape index (κ2) is 3.34. The molecule has 0 aliphatic carbocycles. The van der Waals surface area contributed by atoms with E-state index in [0.29, 0.717) is 5.70 Å². The van der Waals surface area contributed by atoms with Crippen molar-refractivity contribution in [3.8, 4) is 5.75 Å². The lowest BCUT2D eigenvalue weighted by Crippen LogP contribution is -1.93. The highest BCUT2D eigenvalue weighted by molar-refractivity contribution is 7.83. The number of nitrogens with two attached hydrogens (primary N) is 1. The third-order valence-electron chi connectivity index (χ3n) is 1.34. The second-order valence-corrected chi connectivity index (χ2v) is 2.39. The Hall–Kier alpha value is -1.09. The van der Waals surface area contributed by atoms with Gasteiger partial charge < -0.3 is 10.8 Å². The molecule has 0 saturated carbocycles. The monoisotopic (exact) mass is 167 g/mol. The molecule has 0 aromatic heterocycles. The zero-order valence-corrected chi connectivity index (χ0v) is 6.75. The SMILES string of the molecule is N/C(=C\S)c1ccc(O)cc1. The normalized spacial score (nSPS) is 11.5. The Bertz CT molecular complexity index is 266. The van der Waals surface area contributed by atoms with Gasteiger partial charge in [-0.25, -0.2) is 0 Å². The average Bonchev–Trinajstić information content (AvgIpc) is 2.05. The van der Waals surface area contributed by atoms with Crippen LogP contribution in [0.4, 0.5) is 0 Å². The lowest BCUT2D eigenvalue weighted by Gasteiger charge is -1.98. The predicted molar refractivity (Wildman–Crippen MR) is 49.3 cm³/mol. The highest BCUT2D eigenvalue weighted by Crippen LogP contribution is 2.14. The summed E-state index contributed by atoms with van der Waals surface area (Å²) in [7, 11) is 0. The van der Waals surface area contributed by atoms with Crippen LogP contribution in [0.15, 0.2) is 29.7 Å². The Labute approximate surface area is 70.8 Å². The number of rotatable bonds is 1. The first-order valence-electron chi connectivity index (χ1n) is 3.13. The number of benzene rings is 1. The summed E-state index contributed by atoms with van der Waals surface area (Å²) in [5.41, 5.74) is 7.00. The van der Waals surface area contributed by atoms with Crippen LogP contribution in [-0.2, 0) is 0 Å². The molecule has 0 saturated heterocycles. The molecule has 0 heterocycles. The van der Waals surface area contributed by atoms with Crippen molar-refractivity contribution in [2.45, 2.75) is 0 Å². The molecule has 58 valence electrons. The van der Waals surface area contributed by atoms with E-state index in [4.69, 9.17) is 10.8 Å². The molecule has 0 bridgehead atoms. The molecule has 2 nitrogen and oxygen atoms in total. The molecule has 0 aliphatic heterocycles. The molecule has 0 radical (unpaired) electrons. The molecular weight excluding hydrogens is 158 g/mol. The third kappa shape index (κ3) is 1.91. The van der Waals surface area contributed by atoms with Gasteiger partial charge in [-0.1, -0.05) is 0 Å². The van der Waals surface area contributed by atoms with Crippen LogP contribution in [0.3, 0.4) is 0 Å². The average molecular weight is 167 g/mol. The Kier molecular flexibility index (Phi) is 2.44. The van der Waals surface area contributed by atoms with Gasteiger partial charge in [0.25, 0.3) is 0 Å². The van der Waals surface area contributed by atoms with Crippen molar-refractivity contribution >= 4 is 18.3 Å². The number of aromatic hydroxyl groups is 1. The molecule has 3 heteroatoms. The first kappa shape index (κ1) is 8.01. The Balaban J connectivity index is 2.99. The molecule has 0 aliphatic rings. The molecule has 0 amide bonds. The first-order valence-corrected chi connectivity index (χ1v) is 3.65. The van der Waals surface area contributed by atoms with Gasteiger partial charge in [0.2, 0.25) is 0 Å². The van der Waals surface area contributed by atoms with Crippen LogP contribution in [0.25, 0.3) is 5.70 Å². The predicted octanol–water partition coefficient (Wildman–Crippen LogP) is 1.58. The van der Waals surface area contributed by atoms with Gasteiger partial charge in [-0.05, 0) is 35.2 Å². The highest BCUT2D eigenvalue weighted by atomic mass is 32.1. The van der Waals surface area contributed by atoms with Crippen molar-refractivity contribution in [2.75, 3.05) is 0 Å². The summed E-state index contributed by atoms with van der Waals surface area (Å²) in [6, 6.07) is 6.63. The van der Waals surface area contributed by atoms with Gasteiger partial charge in [0.15, 0.2) is 0 Å². The number of hydrogen-bond acceptors (Lipinski definition) is 3. The van der Waals surface area contributed by atoms with Gasteiger partial charge in [-0.3, -0.25) is 0 Å². The van der Waals surface area contributed by atoms with E-state index in [1.807, 2.05) is 0 Å². The summed E-state index contributed by atoms with van der Waals surface area (Å²) in [6.45, 7) is 0. The molecule has 11 heavy (non-hydrogen) atoms. The molecule has 0 spiro atoms. The smallest absolute Gasteiger partial charge is 0.115 e. The van der Waals surface area contributed by atoms with Crippen LogP contribution in [0, 0.1) is 0 Å². The zero-order chi connectivity index (χ0) is 8.27. The van der Waals surface area contributed by atoms with Crippen molar-refractivity contribution < 1.29 is 5.11 Å². The summed E-state index contributed by atoms with van der Waals surface area (Å²) >= 11 is 3.90. The molecule has 1 rings (SSSR count). The summed E-state index contributed by atoms with van der Waals surface area (Å²) in [4.78, 5) is 0. The number of thiol groups is 1. The minimum atomic E-state index is 0.237. The molecule has 0 atom stereocenters. The van der Waals surface area contributed by atoms with E-state index in [-0.39, 0.29) is 5.75 Å². The largest absolute Gasteiger partial charge is 0.508 e. The van der Waals surface area contributed by atoms with E-state index < -0.39 is 0 Å². The van der Waals surface area contributed by atoms with Crippen LogP contribution >= 0.6 is 12.6 Å². The topological polar surface area (TPSA) is 46.2 Å². The maximum absolute atomic E-state index is 8.93. The molecule has 0 unspecified atom stereocenters. The van der Waals surface area contributed by atoms with E-state index in [2.05, 4.69) is 12.6 Å². The summed E-state index contributed by atoms with van der Waals surface area (Å²) < 4.78 is 0. The van der Waals surface area contributed by atoms with Crippen LogP contribution in [0.2, 0.25) is 0 Å². The first-order chi connectivity index (χ1) is 5.24. The fraction of sp³-hybridized carbons (Fsp3) is 0. The quantitative estimate of drug-likeness (QED) is 0.556. The van der Waals surface area contributed by atoms with Crippen LogP contribution in [-0.4, -0.2) is 5.11 Å². The third-order valence-corrected chi connectivity index (χ3v) is 1.62. The second-order valence-electron chi connectivity index (χ2n) is 2.13. The van der Waals surface area contributed by atoms with Gasteiger partial charge in [0.1, 0.15) is 5.75 Å². The van der Waals surface area contributed by atoms with Crippen LogP contribution < -0.4 is 5.73 Å². The Morgan fingerprint density at radius 3 is 2.36 bits per heavy atom. The van der Waals surface area contributed by atoms with E-state index in [9.17, 15) is 0 Å². The maximum atomic E-state index is 8.93. The van der Waals surface area contributed by atoms with Crippen molar-refractivity contribution in [3.63, 3.8) is 0 Å². The van der Waals surface area contributed by atoms with Gasteiger partial charge in [0.05, 0.1) is 0 Å². The minimum Gasteiger partial charge on any atom is -0.508 e. The van der Waals surface area contributed by atoms with E-state index in [0.717, 1.165) is 5.56 Å². The highest BCUT2D eigenvalue weighted by Gasteiger charge is 1.93. The van der Waals surface area contributed by atoms with Crippen molar-refractivity contribution in [2.24, 2.45) is 5.73 Å². The lowest BCUT2D eigenvalue weighted by atomic mass is 10.2. The minimum absolute atomic E-state index is 0.237. The van der Waals surface area contributed by atoms with Crippen molar-refractivity contribution in [1.82, 2.24) is 0 Å². The van der Waals surface area contributed by atoms with Gasteiger partial charge in [0, 0.05) is 5.70 Å². The summed E-state index contributed by atoms with van der Waals surface area (Å²) in [5, 5.41) is 10.5. The van der Waals surface area contributed by atoms with E-state index in [1.54, 1.807) is 24.3 Å². The zero-order valence-electron chi connectivity index (χ0n) is 5.86. The molecule has 1 aromatic carbocycles. The Morgan fingerprint density at radius 1 is 1.36 bits per heavy atom. The van der Waals surface area contributed by atoms with Crippen molar-refractivity contribution in [1.29, 1.82) is 0 Å². The number of phenols is 1. The Morgan fingerprint density at radius 2 is 1.91 bits per heavy atom. The fourth-order valence-electron chi connectivity index (χ4n) is 0.728. The van der Waals surface area contributed by atoms with Gasteiger partial charge >= 0.3 is 0 Å². The van der Waals surface area contributed by atoms with Crippen LogP contribution in [0.1, 0.15) is 5.56 Å². The van der Waals surface area contributed by atoms with Gasteiger partial charge in [-0.2, -0.15) is 0 Å². The molecular formula is C8H9NOS. The molecule has 0 fully saturated rings. The summed E-state index contributed by atoms with van der Waals surface area (Å²) in [6.07, 6.45) is 0. The number of phenolic OH excluding ortho intramolecular Hbond substituents is 1. The summed E-state index contributed by atoms with van der Waals surface area (Å²) in [5.74, 6) is 0.237.